The first kappa shape index (κ1) is 16.8. The number of hydrogen-bond donors (Lipinski definition) is 2. The number of rotatable bonds is 3. The van der Waals surface area contributed by atoms with E-state index in [9.17, 15) is 14.7 Å². The Kier molecular flexibility index (Phi) is 5.96. The molecule has 2 rings (SSSR count). The smallest absolute Gasteiger partial charge is 0.329 e. The fourth-order valence-electron chi connectivity index (χ4n) is 2.42. The van der Waals surface area contributed by atoms with Gasteiger partial charge in [0.15, 0.2) is 11.5 Å². The summed E-state index contributed by atoms with van der Waals surface area (Å²) in [6, 6.07) is 4.71. The molecule has 124 valence electrons. The molecule has 0 aromatic heterocycles. The van der Waals surface area contributed by atoms with Crippen molar-refractivity contribution in [2.45, 2.75) is 25.7 Å². The van der Waals surface area contributed by atoms with E-state index in [2.05, 4.69) is 10.5 Å². The van der Waals surface area contributed by atoms with E-state index in [4.69, 9.17) is 4.74 Å². The van der Waals surface area contributed by atoms with E-state index in [0.717, 1.165) is 25.7 Å². The highest BCUT2D eigenvalue weighted by Crippen LogP contribution is 2.25. The predicted molar refractivity (Wildman–Crippen MR) is 85.4 cm³/mol. The van der Waals surface area contributed by atoms with E-state index in [-0.39, 0.29) is 5.75 Å². The molecule has 7 heteroatoms. The van der Waals surface area contributed by atoms with Gasteiger partial charge in [-0.3, -0.25) is 9.59 Å². The molecule has 1 aromatic carbocycles. The first-order chi connectivity index (χ1) is 11.1. The average Bonchev–Trinajstić information content (AvgIpc) is 2.83. The highest BCUT2D eigenvalue weighted by atomic mass is 16.5. The van der Waals surface area contributed by atoms with Gasteiger partial charge in [-0.25, -0.2) is 5.43 Å². The monoisotopic (exact) mass is 319 g/mol. The fourth-order valence-corrected chi connectivity index (χ4v) is 2.42. The standard InChI is InChI=1S/C16H21N3O4/c1-23-14-7-6-12(10-13(14)20)11-17-18-15(21)16(22)19-8-4-2-3-5-9-19/h6-7,10-11,20H,2-5,8-9H2,1H3,(H,18,21)/b17-11-. The van der Waals surface area contributed by atoms with Crippen molar-refractivity contribution in [1.82, 2.24) is 10.3 Å². The van der Waals surface area contributed by atoms with Gasteiger partial charge in [-0.1, -0.05) is 12.8 Å². The molecule has 0 bridgehead atoms. The molecule has 1 fully saturated rings. The zero-order valence-corrected chi connectivity index (χ0v) is 13.1. The van der Waals surface area contributed by atoms with Gasteiger partial charge in [0.1, 0.15) is 0 Å². The highest BCUT2D eigenvalue weighted by Gasteiger charge is 2.22. The Morgan fingerprint density at radius 2 is 1.96 bits per heavy atom. The Bertz CT molecular complexity index is 593. The van der Waals surface area contributed by atoms with Crippen molar-refractivity contribution >= 4 is 18.0 Å². The topological polar surface area (TPSA) is 91.2 Å². The first-order valence-electron chi connectivity index (χ1n) is 7.61. The first-order valence-corrected chi connectivity index (χ1v) is 7.61. The number of phenolic OH excluding ortho intramolecular Hbond substituents is 1. The Labute approximate surface area is 134 Å². The third-order valence-electron chi connectivity index (χ3n) is 3.67. The molecule has 2 N–H and O–H groups in total. The summed E-state index contributed by atoms with van der Waals surface area (Å²) in [7, 11) is 1.46. The van der Waals surface area contributed by atoms with Gasteiger partial charge < -0.3 is 14.7 Å². The second-order valence-electron chi connectivity index (χ2n) is 5.34. The molecule has 0 spiro atoms. The van der Waals surface area contributed by atoms with Crippen molar-refractivity contribution < 1.29 is 19.4 Å². The minimum Gasteiger partial charge on any atom is -0.504 e. The van der Waals surface area contributed by atoms with E-state index >= 15 is 0 Å². The number of nitrogens with zero attached hydrogens (tertiary/aromatic N) is 2. The number of benzene rings is 1. The number of carbonyl (C=O) groups excluding carboxylic acids is 2. The van der Waals surface area contributed by atoms with Gasteiger partial charge >= 0.3 is 11.8 Å². The number of methoxy groups -OCH3 is 1. The lowest BCUT2D eigenvalue weighted by Gasteiger charge is -2.18. The lowest BCUT2D eigenvalue weighted by Crippen LogP contribution is -2.41. The number of phenols is 1. The van der Waals surface area contributed by atoms with Crippen molar-refractivity contribution in [3.8, 4) is 11.5 Å². The maximum absolute atomic E-state index is 12.0. The molecular formula is C16H21N3O4. The van der Waals surface area contributed by atoms with Crippen LogP contribution in [0.3, 0.4) is 0 Å². The molecule has 0 aliphatic carbocycles. The van der Waals surface area contributed by atoms with E-state index < -0.39 is 11.8 Å². The van der Waals surface area contributed by atoms with Crippen LogP contribution in [0.1, 0.15) is 31.2 Å². The van der Waals surface area contributed by atoms with Gasteiger partial charge in [-0.15, -0.1) is 0 Å². The summed E-state index contributed by atoms with van der Waals surface area (Å²) in [6.07, 6.45) is 5.38. The number of aromatic hydroxyl groups is 1. The van der Waals surface area contributed by atoms with Crippen LogP contribution in [0, 0.1) is 0 Å². The quantitative estimate of drug-likeness (QED) is 0.498. The molecule has 1 aliphatic rings. The van der Waals surface area contributed by atoms with Crippen LogP contribution in [-0.4, -0.2) is 48.2 Å². The minimum atomic E-state index is -0.749. The van der Waals surface area contributed by atoms with Gasteiger partial charge in [-0.05, 0) is 36.6 Å². The van der Waals surface area contributed by atoms with Crippen molar-refractivity contribution in [3.05, 3.63) is 23.8 Å². The number of carbonyl (C=O) groups is 2. The molecule has 0 unspecified atom stereocenters. The molecule has 7 nitrogen and oxygen atoms in total. The van der Waals surface area contributed by atoms with Gasteiger partial charge in [0, 0.05) is 13.1 Å². The maximum atomic E-state index is 12.0. The fraction of sp³-hybridized carbons (Fsp3) is 0.438. The van der Waals surface area contributed by atoms with Crippen LogP contribution in [0.2, 0.25) is 0 Å². The lowest BCUT2D eigenvalue weighted by molar-refractivity contribution is -0.145. The predicted octanol–water partition coefficient (Wildman–Crippen LogP) is 1.25. The molecule has 0 atom stereocenters. The summed E-state index contributed by atoms with van der Waals surface area (Å²) in [4.78, 5) is 25.4. The Hall–Kier alpha value is -2.57. The summed E-state index contributed by atoms with van der Waals surface area (Å²) in [6.45, 7) is 1.23. The van der Waals surface area contributed by atoms with E-state index in [1.165, 1.54) is 19.4 Å². The second-order valence-corrected chi connectivity index (χ2v) is 5.34. The third-order valence-corrected chi connectivity index (χ3v) is 3.67. The van der Waals surface area contributed by atoms with E-state index in [1.807, 2.05) is 0 Å². The lowest BCUT2D eigenvalue weighted by atomic mass is 10.2. The summed E-state index contributed by atoms with van der Waals surface area (Å²) >= 11 is 0. The van der Waals surface area contributed by atoms with Gasteiger partial charge in [0.2, 0.25) is 0 Å². The second kappa shape index (κ2) is 8.17. The largest absolute Gasteiger partial charge is 0.504 e. The molecule has 0 saturated carbocycles. The normalized spacial score (nSPS) is 15.3. The number of hydrazone groups is 1. The number of nitrogens with one attached hydrogen (secondary N) is 1. The van der Waals surface area contributed by atoms with Crippen LogP contribution in [-0.2, 0) is 9.59 Å². The molecule has 1 heterocycles. The van der Waals surface area contributed by atoms with Crippen LogP contribution < -0.4 is 10.2 Å². The van der Waals surface area contributed by atoms with Gasteiger partial charge in [0.25, 0.3) is 0 Å². The molecule has 23 heavy (non-hydrogen) atoms. The summed E-state index contributed by atoms with van der Waals surface area (Å²) in [5.74, 6) is -0.978. The minimum absolute atomic E-state index is 0.0246. The molecule has 1 aliphatic heterocycles. The van der Waals surface area contributed by atoms with E-state index in [1.54, 1.807) is 17.0 Å². The molecular weight excluding hydrogens is 298 g/mol. The molecule has 0 radical (unpaired) electrons. The maximum Gasteiger partial charge on any atom is 0.329 e. The summed E-state index contributed by atoms with van der Waals surface area (Å²) in [5, 5.41) is 13.4. The van der Waals surface area contributed by atoms with Crippen LogP contribution >= 0.6 is 0 Å². The number of hydrogen-bond acceptors (Lipinski definition) is 5. The zero-order chi connectivity index (χ0) is 16.7. The SMILES string of the molecule is COc1ccc(/C=N\NC(=O)C(=O)N2CCCCCC2)cc1O. The van der Waals surface area contributed by atoms with E-state index in [0.29, 0.717) is 24.4 Å². The number of likely N-dealkylation sites (tertiary alicyclic amines) is 1. The van der Waals surface area contributed by atoms with Gasteiger partial charge in [0.05, 0.1) is 13.3 Å². The Balaban J connectivity index is 1.90. The third kappa shape index (κ3) is 4.70. The van der Waals surface area contributed by atoms with Crippen LogP contribution in [0.5, 0.6) is 11.5 Å². The van der Waals surface area contributed by atoms with Crippen molar-refractivity contribution in [2.75, 3.05) is 20.2 Å². The Morgan fingerprint density at radius 1 is 1.26 bits per heavy atom. The summed E-state index contributed by atoms with van der Waals surface area (Å²) < 4.78 is 4.94. The van der Waals surface area contributed by atoms with Crippen molar-refractivity contribution in [2.24, 2.45) is 5.10 Å². The molecule has 1 saturated heterocycles. The Morgan fingerprint density at radius 3 is 2.57 bits per heavy atom. The molecule has 1 aromatic rings. The van der Waals surface area contributed by atoms with Gasteiger partial charge in [-0.2, -0.15) is 5.10 Å². The summed E-state index contributed by atoms with van der Waals surface area (Å²) in [5.41, 5.74) is 2.80. The van der Waals surface area contributed by atoms with Crippen molar-refractivity contribution in [3.63, 3.8) is 0 Å². The number of amides is 2. The van der Waals surface area contributed by atoms with Crippen LogP contribution in [0.15, 0.2) is 23.3 Å². The zero-order valence-electron chi connectivity index (χ0n) is 13.1. The van der Waals surface area contributed by atoms with Crippen LogP contribution in [0.4, 0.5) is 0 Å². The highest BCUT2D eigenvalue weighted by molar-refractivity contribution is 6.35. The number of ether oxygens (including phenoxy) is 1. The van der Waals surface area contributed by atoms with Crippen molar-refractivity contribution in [1.29, 1.82) is 0 Å². The average molecular weight is 319 g/mol. The van der Waals surface area contributed by atoms with Crippen LogP contribution in [0.25, 0.3) is 0 Å². The molecule has 2 amide bonds.